The number of nitrogens with zero attached hydrogens (tertiary/aromatic N) is 2. The lowest BCUT2D eigenvalue weighted by Crippen LogP contribution is -2.70. The maximum Gasteiger partial charge on any atom is 0.239 e. The van der Waals surface area contributed by atoms with Crippen molar-refractivity contribution in [2.45, 2.75) is 161 Å². The molecule has 0 spiro atoms. The fraction of sp³-hybridized carbons (Fsp3) is 0.647. The van der Waals surface area contributed by atoms with E-state index in [-0.39, 0.29) is 49.4 Å². The van der Waals surface area contributed by atoms with Crippen LogP contribution in [-0.4, -0.2) is 72.0 Å². The highest BCUT2D eigenvalue weighted by molar-refractivity contribution is 6.03. The Bertz CT molecular complexity index is 1720. The van der Waals surface area contributed by atoms with Crippen LogP contribution in [0.5, 0.6) is 17.2 Å². The zero-order valence-electron chi connectivity index (χ0n) is 37.6. The largest absolute Gasteiger partial charge is 0.459 e. The Morgan fingerprint density at radius 1 is 0.883 bits per heavy atom. The van der Waals surface area contributed by atoms with Crippen molar-refractivity contribution < 1.29 is 34.1 Å². The molecular weight excluding hydrogens is 753 g/mol. The first kappa shape index (κ1) is 47.4. The van der Waals surface area contributed by atoms with Gasteiger partial charge in [-0.3, -0.25) is 4.79 Å². The summed E-state index contributed by atoms with van der Waals surface area (Å²) >= 11 is 0. The van der Waals surface area contributed by atoms with Gasteiger partial charge in [0.25, 0.3) is 0 Å². The second-order valence-electron chi connectivity index (χ2n) is 17.5. The number of aliphatic hydroxyl groups is 2. The van der Waals surface area contributed by atoms with Gasteiger partial charge in [0.2, 0.25) is 11.7 Å². The molecule has 2 aromatic rings. The van der Waals surface area contributed by atoms with Crippen molar-refractivity contribution in [3.63, 3.8) is 0 Å². The molecule has 0 aromatic heterocycles. The van der Waals surface area contributed by atoms with Crippen molar-refractivity contribution in [2.24, 2.45) is 22.9 Å². The summed E-state index contributed by atoms with van der Waals surface area (Å²) in [6, 6.07) is 11.8. The van der Waals surface area contributed by atoms with Crippen molar-refractivity contribution in [1.29, 1.82) is 0 Å². The first-order valence-corrected chi connectivity index (χ1v) is 23.4. The molecule has 2 aliphatic carbocycles. The summed E-state index contributed by atoms with van der Waals surface area (Å²) in [6.07, 6.45) is 21.5. The Morgan fingerprint density at radius 2 is 1.57 bits per heavy atom. The average Bonchev–Trinajstić information content (AvgIpc) is 3.24. The van der Waals surface area contributed by atoms with E-state index in [1.807, 2.05) is 23.1 Å². The van der Waals surface area contributed by atoms with Gasteiger partial charge in [-0.05, 0) is 111 Å². The third-order valence-electron chi connectivity index (χ3n) is 13.2. The number of aliphatic hydroxyl groups excluding tert-OH is 2. The minimum absolute atomic E-state index is 0.0968. The molecule has 332 valence electrons. The third kappa shape index (κ3) is 11.6. The van der Waals surface area contributed by atoms with E-state index in [1.54, 1.807) is 13.2 Å². The Morgan fingerprint density at radius 3 is 2.23 bits per heavy atom. The summed E-state index contributed by atoms with van der Waals surface area (Å²) in [4.78, 5) is 22.3. The topological polar surface area (TPSA) is 110 Å². The molecule has 3 aliphatic rings. The van der Waals surface area contributed by atoms with E-state index >= 15 is 0 Å². The molecule has 1 amide bonds. The molecule has 5 rings (SSSR count). The molecule has 0 bridgehead atoms. The summed E-state index contributed by atoms with van der Waals surface area (Å²) in [5, 5.41) is 24.5. The van der Waals surface area contributed by atoms with Gasteiger partial charge in [0.15, 0.2) is 0 Å². The number of rotatable bonds is 27. The van der Waals surface area contributed by atoms with Gasteiger partial charge in [0, 0.05) is 44.1 Å². The summed E-state index contributed by atoms with van der Waals surface area (Å²) in [7, 11) is 1.59. The number of amides is 1. The average molecular weight is 829 g/mol. The number of unbranched alkanes of at least 4 members (excludes halogenated alkanes) is 10. The Hall–Kier alpha value is -3.66. The van der Waals surface area contributed by atoms with Crippen molar-refractivity contribution in [3.05, 3.63) is 77.4 Å². The summed E-state index contributed by atoms with van der Waals surface area (Å²) in [5.74, 6) is 0.998. The van der Waals surface area contributed by atoms with Crippen LogP contribution in [0.1, 0.15) is 152 Å². The smallest absolute Gasteiger partial charge is 0.239 e. The minimum atomic E-state index is -1.24. The Labute approximate surface area is 361 Å². The predicted molar refractivity (Wildman–Crippen MR) is 242 cm³/mol. The van der Waals surface area contributed by atoms with Gasteiger partial charge in [-0.15, -0.1) is 6.58 Å². The van der Waals surface area contributed by atoms with E-state index in [9.17, 15) is 15.0 Å². The lowest BCUT2D eigenvalue weighted by atomic mass is 9.55. The van der Waals surface area contributed by atoms with Crippen LogP contribution in [0.3, 0.4) is 0 Å². The maximum atomic E-state index is 14.6. The second-order valence-corrected chi connectivity index (χ2v) is 17.5. The van der Waals surface area contributed by atoms with Gasteiger partial charge in [-0.25, -0.2) is 0 Å². The maximum absolute atomic E-state index is 14.6. The normalized spacial score (nSPS) is 23.6. The third-order valence-corrected chi connectivity index (χ3v) is 13.2. The van der Waals surface area contributed by atoms with Crippen LogP contribution in [0.25, 0.3) is 0 Å². The molecule has 6 unspecified atom stereocenters. The molecule has 60 heavy (non-hydrogen) atoms. The predicted octanol–water partition coefficient (Wildman–Crippen LogP) is 11.5. The van der Waals surface area contributed by atoms with Gasteiger partial charge in [0.05, 0.1) is 18.2 Å². The zero-order chi connectivity index (χ0) is 42.9. The molecule has 1 aliphatic heterocycles. The molecule has 1 saturated carbocycles. The molecule has 0 saturated heterocycles. The SMILES string of the molecule is C=CCOC12Oc3ccc(Oc4ccc(C)c(C)c4)cc3C3C(CCCCO)C(CCCCO)C=C(C(=NOC)CC1N(CCC)C(=O)CCCCCCCCCCC)C32. The van der Waals surface area contributed by atoms with Crippen molar-refractivity contribution in [1.82, 2.24) is 4.90 Å². The van der Waals surface area contributed by atoms with Crippen molar-refractivity contribution >= 4 is 11.6 Å². The van der Waals surface area contributed by atoms with E-state index < -0.39 is 11.8 Å². The number of ether oxygens (including phenoxy) is 3. The molecule has 2 aromatic carbocycles. The van der Waals surface area contributed by atoms with Crippen LogP contribution in [-0.2, 0) is 14.4 Å². The second kappa shape index (κ2) is 24.1. The molecular formula is C51H76N2O7. The van der Waals surface area contributed by atoms with Gasteiger partial charge < -0.3 is 34.2 Å². The molecule has 9 heteroatoms. The summed E-state index contributed by atoms with van der Waals surface area (Å²) in [5.41, 5.74) is 5.29. The van der Waals surface area contributed by atoms with Crippen LogP contribution >= 0.6 is 0 Å². The van der Waals surface area contributed by atoms with Gasteiger partial charge in [-0.1, -0.05) is 101 Å². The van der Waals surface area contributed by atoms with E-state index in [1.165, 1.54) is 44.1 Å². The standard InChI is InChI=1S/C51H76N2O7/c1-7-10-11-12-13-14-15-16-17-24-48(56)53(29-8-2)47-36-45(52-57-6)43-34-39(22-18-20-30-54)42(23-19-21-31-55)49-44-35-41(59-40-26-25-37(4)38(5)33-40)27-28-46(44)60-51(47,50(43)49)58-32-9-3/h9,25-28,33-35,39,42,47,49-50,54-55H,3,7-8,10-24,29-32,36H2,1-2,4-6H3. The number of oxime groups is 1. The van der Waals surface area contributed by atoms with Crippen molar-refractivity contribution in [2.75, 3.05) is 33.5 Å². The minimum Gasteiger partial charge on any atom is -0.459 e. The van der Waals surface area contributed by atoms with E-state index in [2.05, 4.69) is 58.5 Å². The lowest BCUT2D eigenvalue weighted by molar-refractivity contribution is -0.257. The highest BCUT2D eigenvalue weighted by atomic mass is 16.7. The zero-order valence-corrected chi connectivity index (χ0v) is 37.6. The first-order valence-electron chi connectivity index (χ1n) is 23.4. The molecule has 0 radical (unpaired) electrons. The van der Waals surface area contributed by atoms with Crippen LogP contribution < -0.4 is 9.47 Å². The first-order chi connectivity index (χ1) is 29.3. The summed E-state index contributed by atoms with van der Waals surface area (Å²) in [6.45, 7) is 13.7. The lowest BCUT2D eigenvalue weighted by Gasteiger charge is -2.60. The number of benzene rings is 2. The van der Waals surface area contributed by atoms with Gasteiger partial charge in [-0.2, -0.15) is 0 Å². The number of aryl methyl sites for hydroxylation is 2. The molecule has 1 heterocycles. The number of allylic oxidation sites excluding steroid dienone is 1. The Balaban J connectivity index is 1.61. The van der Waals surface area contributed by atoms with Crippen molar-refractivity contribution in [3.8, 4) is 17.2 Å². The summed E-state index contributed by atoms with van der Waals surface area (Å²) < 4.78 is 21.1. The number of carbonyl (C=O) groups excluding carboxylic acids is 1. The number of hydrogen-bond donors (Lipinski definition) is 2. The fourth-order valence-electron chi connectivity index (χ4n) is 10.2. The number of hydrogen-bond acceptors (Lipinski definition) is 8. The van der Waals surface area contributed by atoms with Gasteiger partial charge in [0.1, 0.15) is 30.4 Å². The fourth-order valence-corrected chi connectivity index (χ4v) is 10.2. The van der Waals surface area contributed by atoms with E-state index in [0.29, 0.717) is 25.8 Å². The molecule has 9 nitrogen and oxygen atoms in total. The number of fused-ring (bicyclic) bond motifs is 2. The van der Waals surface area contributed by atoms with Crippen LogP contribution in [0.2, 0.25) is 0 Å². The highest BCUT2D eigenvalue weighted by Gasteiger charge is 2.65. The monoisotopic (exact) mass is 829 g/mol. The van der Waals surface area contributed by atoms with Gasteiger partial charge >= 0.3 is 0 Å². The van der Waals surface area contributed by atoms with Crippen LogP contribution in [0, 0.1) is 31.6 Å². The number of carbonyl (C=O) groups is 1. The van der Waals surface area contributed by atoms with Crippen LogP contribution in [0.15, 0.2) is 65.9 Å². The molecule has 1 fully saturated rings. The van der Waals surface area contributed by atoms with E-state index in [4.69, 9.17) is 24.2 Å². The molecule has 6 atom stereocenters. The Kier molecular flexibility index (Phi) is 19.0. The van der Waals surface area contributed by atoms with Crippen LogP contribution in [0.4, 0.5) is 0 Å². The molecule has 2 N–H and O–H groups in total. The highest BCUT2D eigenvalue weighted by Crippen LogP contribution is 2.62. The van der Waals surface area contributed by atoms with E-state index in [0.717, 1.165) is 97.4 Å². The quantitative estimate of drug-likeness (QED) is 0.0524.